The summed E-state index contributed by atoms with van der Waals surface area (Å²) in [6, 6.07) is 13.3. The first-order chi connectivity index (χ1) is 10.4. The van der Waals surface area contributed by atoms with Crippen LogP contribution in [0.1, 0.15) is 15.9 Å². The molecule has 2 aromatic rings. The maximum atomic E-state index is 13.3. The number of halogens is 3. The fourth-order valence-electron chi connectivity index (χ4n) is 1.94. The van der Waals surface area contributed by atoms with Crippen LogP contribution < -0.4 is 4.74 Å². The van der Waals surface area contributed by atoms with Gasteiger partial charge in [0, 0.05) is 5.56 Å². The molecule has 0 radical (unpaired) electrons. The topological polar surface area (TPSA) is 26.3 Å². The molecule has 2 rings (SSSR count). The third-order valence-corrected chi connectivity index (χ3v) is 3.02. The Morgan fingerprint density at radius 1 is 1.00 bits per heavy atom. The summed E-state index contributed by atoms with van der Waals surface area (Å²) in [6.45, 7) is 0. The smallest absolute Gasteiger partial charge is 0.417 e. The third kappa shape index (κ3) is 3.75. The lowest BCUT2D eigenvalue weighted by molar-refractivity contribution is -0.0689. The minimum Gasteiger partial charge on any atom is -0.497 e. The van der Waals surface area contributed by atoms with Gasteiger partial charge in [-0.3, -0.25) is 4.79 Å². The van der Waals surface area contributed by atoms with Crippen molar-refractivity contribution in [2.75, 3.05) is 7.11 Å². The molecule has 0 N–H and O–H groups in total. The van der Waals surface area contributed by atoms with Gasteiger partial charge in [-0.25, -0.2) is 0 Å². The summed E-state index contributed by atoms with van der Waals surface area (Å²) in [4.78, 5) is 12.0. The highest BCUT2D eigenvalue weighted by atomic mass is 19.4. The average molecular weight is 306 g/mol. The molecular weight excluding hydrogens is 293 g/mol. The summed E-state index contributed by atoms with van der Waals surface area (Å²) in [5.41, 5.74) is -0.913. The standard InChI is InChI=1S/C17H13F3O2/c1-22-14-9-5-8-13(10-14)15(17(18,19)20)11-16(21)12-6-3-2-4-7-12/h2-11H,1H3/b15-11+. The van der Waals surface area contributed by atoms with Crippen LogP contribution in [0.2, 0.25) is 0 Å². The minimum absolute atomic E-state index is 0.115. The maximum absolute atomic E-state index is 13.3. The van der Waals surface area contributed by atoms with E-state index >= 15 is 0 Å². The molecule has 0 aromatic heterocycles. The van der Waals surface area contributed by atoms with Gasteiger partial charge >= 0.3 is 6.18 Å². The molecule has 0 aliphatic rings. The average Bonchev–Trinajstić information content (AvgIpc) is 2.52. The second kappa shape index (κ2) is 6.47. The number of rotatable bonds is 4. The quantitative estimate of drug-likeness (QED) is 0.613. The van der Waals surface area contributed by atoms with Crippen LogP contribution in [0, 0.1) is 0 Å². The van der Waals surface area contributed by atoms with Gasteiger partial charge in [-0.2, -0.15) is 13.2 Å². The van der Waals surface area contributed by atoms with E-state index in [-0.39, 0.29) is 11.1 Å². The zero-order valence-corrected chi connectivity index (χ0v) is 11.7. The second-order valence-electron chi connectivity index (χ2n) is 4.52. The summed E-state index contributed by atoms with van der Waals surface area (Å²) in [5.74, 6) is -0.407. The van der Waals surface area contributed by atoms with E-state index in [4.69, 9.17) is 4.74 Å². The number of hydrogen-bond acceptors (Lipinski definition) is 2. The number of carbonyl (C=O) groups excluding carboxylic acids is 1. The first-order valence-electron chi connectivity index (χ1n) is 6.44. The van der Waals surface area contributed by atoms with E-state index in [1.807, 2.05) is 0 Å². The Bertz CT molecular complexity index is 689. The lowest BCUT2D eigenvalue weighted by Crippen LogP contribution is -2.13. The van der Waals surface area contributed by atoms with Crippen LogP contribution in [0.5, 0.6) is 5.75 Å². The van der Waals surface area contributed by atoms with E-state index in [2.05, 4.69) is 0 Å². The van der Waals surface area contributed by atoms with Crippen molar-refractivity contribution in [2.24, 2.45) is 0 Å². The first-order valence-corrected chi connectivity index (χ1v) is 6.44. The molecule has 0 aliphatic carbocycles. The van der Waals surface area contributed by atoms with Crippen molar-refractivity contribution >= 4 is 11.4 Å². The molecule has 0 aliphatic heterocycles. The zero-order chi connectivity index (χ0) is 16.2. The highest BCUT2D eigenvalue weighted by Gasteiger charge is 2.35. The second-order valence-corrected chi connectivity index (χ2v) is 4.52. The molecule has 0 amide bonds. The number of carbonyl (C=O) groups is 1. The molecule has 22 heavy (non-hydrogen) atoms. The van der Waals surface area contributed by atoms with Crippen molar-refractivity contribution in [1.82, 2.24) is 0 Å². The predicted molar refractivity (Wildman–Crippen MR) is 77.8 cm³/mol. The van der Waals surface area contributed by atoms with Gasteiger partial charge in [0.15, 0.2) is 5.78 Å². The van der Waals surface area contributed by atoms with Gasteiger partial charge in [0.2, 0.25) is 0 Å². The van der Waals surface area contributed by atoms with Crippen LogP contribution in [-0.2, 0) is 0 Å². The largest absolute Gasteiger partial charge is 0.497 e. The highest BCUT2D eigenvalue weighted by Crippen LogP contribution is 2.35. The van der Waals surface area contributed by atoms with Crippen molar-refractivity contribution in [3.63, 3.8) is 0 Å². The molecule has 2 nitrogen and oxygen atoms in total. The molecule has 114 valence electrons. The fraction of sp³-hybridized carbons (Fsp3) is 0.118. The zero-order valence-electron chi connectivity index (χ0n) is 11.7. The number of ether oxygens (including phenoxy) is 1. The van der Waals surface area contributed by atoms with Crippen LogP contribution in [0.3, 0.4) is 0 Å². The lowest BCUT2D eigenvalue weighted by Gasteiger charge is -2.13. The summed E-state index contributed by atoms with van der Waals surface area (Å²) in [7, 11) is 1.37. The Balaban J connectivity index is 2.47. The van der Waals surface area contributed by atoms with Crippen molar-refractivity contribution in [1.29, 1.82) is 0 Å². The summed E-state index contributed by atoms with van der Waals surface area (Å²) < 4.78 is 44.7. The van der Waals surface area contributed by atoms with Crippen molar-refractivity contribution < 1.29 is 22.7 Å². The van der Waals surface area contributed by atoms with Crippen molar-refractivity contribution in [3.8, 4) is 5.75 Å². The van der Waals surface area contributed by atoms with Gasteiger partial charge < -0.3 is 4.74 Å². The Kier molecular flexibility index (Phi) is 4.65. The predicted octanol–water partition coefficient (Wildman–Crippen LogP) is 4.52. The lowest BCUT2D eigenvalue weighted by atomic mass is 10.0. The van der Waals surface area contributed by atoms with Gasteiger partial charge in [0.1, 0.15) is 5.75 Å². The Morgan fingerprint density at radius 2 is 1.64 bits per heavy atom. The normalized spacial score (nSPS) is 12.1. The molecule has 0 unspecified atom stereocenters. The van der Waals surface area contributed by atoms with E-state index < -0.39 is 17.5 Å². The van der Waals surface area contributed by atoms with Gasteiger partial charge in [0.25, 0.3) is 0 Å². The van der Waals surface area contributed by atoms with Gasteiger partial charge in [0.05, 0.1) is 12.7 Å². The molecule has 0 heterocycles. The number of hydrogen-bond donors (Lipinski definition) is 0. The van der Waals surface area contributed by atoms with Crippen LogP contribution in [0.4, 0.5) is 13.2 Å². The van der Waals surface area contributed by atoms with Crippen LogP contribution in [0.15, 0.2) is 60.7 Å². The fourth-order valence-corrected chi connectivity index (χ4v) is 1.94. The Morgan fingerprint density at radius 3 is 2.23 bits per heavy atom. The van der Waals surface area contributed by atoms with Gasteiger partial charge in [-0.15, -0.1) is 0 Å². The number of methoxy groups -OCH3 is 1. The Hall–Kier alpha value is -2.56. The monoisotopic (exact) mass is 306 g/mol. The van der Waals surface area contributed by atoms with E-state index in [1.165, 1.54) is 43.5 Å². The molecule has 0 saturated carbocycles. The molecule has 0 spiro atoms. The van der Waals surface area contributed by atoms with E-state index in [0.29, 0.717) is 11.8 Å². The van der Waals surface area contributed by atoms with Crippen LogP contribution in [0.25, 0.3) is 5.57 Å². The number of alkyl halides is 3. The van der Waals surface area contributed by atoms with Crippen LogP contribution in [-0.4, -0.2) is 19.1 Å². The Labute approximate surface area is 125 Å². The molecular formula is C17H13F3O2. The molecule has 5 heteroatoms. The van der Waals surface area contributed by atoms with Crippen LogP contribution >= 0.6 is 0 Å². The molecule has 2 aromatic carbocycles. The minimum atomic E-state index is -4.64. The SMILES string of the molecule is COc1cccc(/C(=C\C(=O)c2ccccc2)C(F)(F)F)c1. The molecule has 0 saturated heterocycles. The number of allylic oxidation sites excluding steroid dienone is 2. The molecule has 0 atom stereocenters. The first kappa shape index (κ1) is 15.8. The van der Waals surface area contributed by atoms with E-state index in [1.54, 1.807) is 18.2 Å². The highest BCUT2D eigenvalue weighted by molar-refractivity contribution is 6.09. The number of ketones is 1. The molecule has 0 fully saturated rings. The van der Waals surface area contributed by atoms with Crippen molar-refractivity contribution in [3.05, 3.63) is 71.8 Å². The van der Waals surface area contributed by atoms with E-state index in [9.17, 15) is 18.0 Å². The summed E-state index contributed by atoms with van der Waals surface area (Å²) >= 11 is 0. The summed E-state index contributed by atoms with van der Waals surface area (Å²) in [6.07, 6.45) is -4.03. The van der Waals surface area contributed by atoms with Gasteiger partial charge in [-0.1, -0.05) is 42.5 Å². The van der Waals surface area contributed by atoms with E-state index in [0.717, 1.165) is 0 Å². The number of benzene rings is 2. The van der Waals surface area contributed by atoms with Gasteiger partial charge in [-0.05, 0) is 23.8 Å². The third-order valence-electron chi connectivity index (χ3n) is 3.02. The maximum Gasteiger partial charge on any atom is 0.417 e. The van der Waals surface area contributed by atoms with Crippen molar-refractivity contribution in [2.45, 2.75) is 6.18 Å². The molecule has 0 bridgehead atoms. The summed E-state index contributed by atoms with van der Waals surface area (Å²) in [5, 5.41) is 0.